The zero-order valence-electron chi connectivity index (χ0n) is 10.9. The van der Waals surface area contributed by atoms with Gasteiger partial charge in [-0.3, -0.25) is 0 Å². The maximum atomic E-state index is 6.10. The van der Waals surface area contributed by atoms with Crippen molar-refractivity contribution in [3.05, 3.63) is 34.9 Å². The summed E-state index contributed by atoms with van der Waals surface area (Å²) in [5, 5.41) is 0. The van der Waals surface area contributed by atoms with Crippen molar-refractivity contribution < 1.29 is 4.74 Å². The molecule has 1 aromatic carbocycles. The second-order valence-corrected chi connectivity index (χ2v) is 5.03. The Bertz CT molecular complexity index is 447. The summed E-state index contributed by atoms with van der Waals surface area (Å²) in [5.41, 5.74) is 3.62. The normalized spacial score (nSPS) is 16.9. The second-order valence-electron chi connectivity index (χ2n) is 5.03. The predicted molar refractivity (Wildman–Crippen MR) is 70.9 cm³/mol. The van der Waals surface area contributed by atoms with Gasteiger partial charge in [-0.1, -0.05) is 18.9 Å². The number of aryl methyl sites for hydroxylation is 1. The van der Waals surface area contributed by atoms with E-state index in [1.54, 1.807) is 0 Å². The number of ether oxygens (including phenoxy) is 1. The smallest absolute Gasteiger partial charge is 0.0939 e. The van der Waals surface area contributed by atoms with Gasteiger partial charge < -0.3 is 4.74 Å². The predicted octanol–water partition coefficient (Wildman–Crippen LogP) is 3.64. The summed E-state index contributed by atoms with van der Waals surface area (Å²) in [7, 11) is 0. The third-order valence-corrected chi connectivity index (χ3v) is 3.31. The van der Waals surface area contributed by atoms with Crippen LogP contribution >= 0.6 is 0 Å². The molecular formula is C16H20O. The molecule has 1 nitrogen and oxygen atoms in total. The van der Waals surface area contributed by atoms with Crippen LogP contribution in [0.4, 0.5) is 0 Å². The second kappa shape index (κ2) is 4.55. The lowest BCUT2D eigenvalue weighted by Crippen LogP contribution is -2.19. The lowest BCUT2D eigenvalue weighted by molar-refractivity contribution is -0.0147. The quantitative estimate of drug-likeness (QED) is 0.715. The van der Waals surface area contributed by atoms with Crippen LogP contribution in [0.2, 0.25) is 0 Å². The molecule has 0 heterocycles. The maximum absolute atomic E-state index is 6.10. The molecule has 0 atom stereocenters. The van der Waals surface area contributed by atoms with E-state index in [-0.39, 0.29) is 11.7 Å². The number of terminal acetylenes is 1. The van der Waals surface area contributed by atoms with Gasteiger partial charge in [0.25, 0.3) is 0 Å². The van der Waals surface area contributed by atoms with Crippen molar-refractivity contribution in [1.29, 1.82) is 0 Å². The number of hydrogen-bond acceptors (Lipinski definition) is 1. The Morgan fingerprint density at radius 2 is 2.12 bits per heavy atom. The van der Waals surface area contributed by atoms with Gasteiger partial charge in [0, 0.05) is 5.56 Å². The highest BCUT2D eigenvalue weighted by Crippen LogP contribution is 2.51. The molecule has 1 aliphatic rings. The van der Waals surface area contributed by atoms with Gasteiger partial charge in [0.2, 0.25) is 0 Å². The van der Waals surface area contributed by atoms with E-state index in [0.29, 0.717) is 0 Å². The van der Waals surface area contributed by atoms with E-state index < -0.39 is 0 Å². The van der Waals surface area contributed by atoms with Gasteiger partial charge in [-0.2, -0.15) is 0 Å². The molecule has 1 saturated carbocycles. The van der Waals surface area contributed by atoms with E-state index in [9.17, 15) is 0 Å². The summed E-state index contributed by atoms with van der Waals surface area (Å²) in [6, 6.07) is 6.31. The average Bonchev–Trinajstić information content (AvgIpc) is 3.08. The molecule has 0 N–H and O–H groups in total. The molecule has 17 heavy (non-hydrogen) atoms. The van der Waals surface area contributed by atoms with Crippen LogP contribution in [-0.4, -0.2) is 6.10 Å². The molecule has 0 unspecified atom stereocenters. The van der Waals surface area contributed by atoms with E-state index in [1.165, 1.54) is 11.1 Å². The fraction of sp³-hybridized carbons (Fsp3) is 0.500. The molecule has 1 aliphatic carbocycles. The molecular weight excluding hydrogens is 208 g/mol. The van der Waals surface area contributed by atoms with E-state index >= 15 is 0 Å². The van der Waals surface area contributed by atoms with Crippen LogP contribution in [-0.2, 0) is 16.8 Å². The van der Waals surface area contributed by atoms with Crippen molar-refractivity contribution in [3.63, 3.8) is 0 Å². The van der Waals surface area contributed by atoms with Crippen molar-refractivity contribution in [3.8, 4) is 12.3 Å². The van der Waals surface area contributed by atoms with Crippen LogP contribution in [0.25, 0.3) is 0 Å². The first-order chi connectivity index (χ1) is 8.11. The molecule has 0 amide bonds. The van der Waals surface area contributed by atoms with Crippen LogP contribution in [0.5, 0.6) is 0 Å². The van der Waals surface area contributed by atoms with Crippen LogP contribution in [0.3, 0.4) is 0 Å². The minimum atomic E-state index is -0.0212. The van der Waals surface area contributed by atoms with Gasteiger partial charge in [-0.05, 0) is 56.4 Å². The molecule has 0 spiro atoms. The highest BCUT2D eigenvalue weighted by molar-refractivity contribution is 5.44. The molecule has 0 saturated heterocycles. The molecule has 0 bridgehead atoms. The molecule has 1 aromatic rings. The van der Waals surface area contributed by atoms with Crippen molar-refractivity contribution in [1.82, 2.24) is 0 Å². The summed E-state index contributed by atoms with van der Waals surface area (Å²) in [5.74, 6) is 2.70. The van der Waals surface area contributed by atoms with Gasteiger partial charge in [-0.25, -0.2) is 0 Å². The molecule has 90 valence electrons. The Hall–Kier alpha value is -1.26. The molecule has 1 heteroatoms. The number of hydrogen-bond donors (Lipinski definition) is 0. The van der Waals surface area contributed by atoms with Gasteiger partial charge in [-0.15, -0.1) is 6.42 Å². The first kappa shape index (κ1) is 12.2. The van der Waals surface area contributed by atoms with E-state index in [4.69, 9.17) is 11.2 Å². The van der Waals surface area contributed by atoms with Gasteiger partial charge >= 0.3 is 0 Å². The van der Waals surface area contributed by atoms with Crippen molar-refractivity contribution in [2.75, 3.05) is 0 Å². The van der Waals surface area contributed by atoms with Crippen LogP contribution in [0, 0.1) is 12.3 Å². The third-order valence-electron chi connectivity index (χ3n) is 3.31. The lowest BCUT2D eigenvalue weighted by Gasteiger charge is -2.22. The van der Waals surface area contributed by atoms with Crippen molar-refractivity contribution in [2.45, 2.75) is 51.7 Å². The van der Waals surface area contributed by atoms with Crippen molar-refractivity contribution in [2.24, 2.45) is 0 Å². The highest BCUT2D eigenvalue weighted by atomic mass is 16.5. The van der Waals surface area contributed by atoms with Crippen molar-refractivity contribution >= 4 is 0 Å². The van der Waals surface area contributed by atoms with Crippen LogP contribution in [0.1, 0.15) is 50.3 Å². The monoisotopic (exact) mass is 228 g/mol. The standard InChI is InChI=1S/C16H20O/c1-5-13-7-8-15(14(6-2)11-13)16(9-10-16)17-12(3)4/h1,7-8,11-12H,6,9-10H2,2-4H3. The van der Waals surface area contributed by atoms with E-state index in [2.05, 4.69) is 38.8 Å². The summed E-state index contributed by atoms with van der Waals surface area (Å²) >= 11 is 0. The number of benzene rings is 1. The van der Waals surface area contributed by atoms with Gasteiger partial charge in [0.05, 0.1) is 11.7 Å². The van der Waals surface area contributed by atoms with Gasteiger partial charge in [0.15, 0.2) is 0 Å². The summed E-state index contributed by atoms with van der Waals surface area (Å²) < 4.78 is 6.10. The van der Waals surface area contributed by atoms with E-state index in [1.807, 2.05) is 6.07 Å². The minimum Gasteiger partial charge on any atom is -0.368 e. The van der Waals surface area contributed by atoms with Gasteiger partial charge in [0.1, 0.15) is 0 Å². The summed E-state index contributed by atoms with van der Waals surface area (Å²) in [6.07, 6.45) is 8.99. The molecule has 2 rings (SSSR count). The summed E-state index contributed by atoms with van der Waals surface area (Å²) in [6.45, 7) is 6.37. The van der Waals surface area contributed by atoms with Crippen LogP contribution < -0.4 is 0 Å². The third kappa shape index (κ3) is 2.37. The summed E-state index contributed by atoms with van der Waals surface area (Å²) in [4.78, 5) is 0. The zero-order chi connectivity index (χ0) is 12.5. The fourth-order valence-corrected chi connectivity index (χ4v) is 2.44. The largest absolute Gasteiger partial charge is 0.368 e. The Labute approximate surface area is 104 Å². The Morgan fingerprint density at radius 1 is 1.41 bits per heavy atom. The van der Waals surface area contributed by atoms with Crippen LogP contribution in [0.15, 0.2) is 18.2 Å². The Balaban J connectivity index is 2.36. The molecule has 0 aromatic heterocycles. The number of rotatable bonds is 4. The SMILES string of the molecule is C#Cc1ccc(C2(OC(C)C)CC2)c(CC)c1. The molecule has 1 fully saturated rings. The topological polar surface area (TPSA) is 9.23 Å². The molecule has 0 aliphatic heterocycles. The molecule has 0 radical (unpaired) electrons. The lowest BCUT2D eigenvalue weighted by atomic mass is 9.96. The Morgan fingerprint density at radius 3 is 2.59 bits per heavy atom. The first-order valence-corrected chi connectivity index (χ1v) is 6.39. The minimum absolute atomic E-state index is 0.0212. The van der Waals surface area contributed by atoms with E-state index in [0.717, 1.165) is 24.8 Å². The highest BCUT2D eigenvalue weighted by Gasteiger charge is 2.47. The average molecular weight is 228 g/mol. The Kier molecular flexibility index (Phi) is 3.26. The maximum Gasteiger partial charge on any atom is 0.0939 e. The first-order valence-electron chi connectivity index (χ1n) is 6.39. The zero-order valence-corrected chi connectivity index (χ0v) is 10.9. The fourth-order valence-electron chi connectivity index (χ4n) is 2.44.